The first kappa shape index (κ1) is 25.4. The summed E-state index contributed by atoms with van der Waals surface area (Å²) in [5.74, 6) is -2.07. The normalized spacial score (nSPS) is 10.8. The van der Waals surface area contributed by atoms with Crippen LogP contribution in [0, 0.1) is 0 Å². The van der Waals surface area contributed by atoms with Crippen LogP contribution in [0.1, 0.15) is 31.2 Å². The third kappa shape index (κ3) is 6.90. The monoisotopic (exact) mass is 500 g/mol. The van der Waals surface area contributed by atoms with Gasteiger partial charge in [-0.25, -0.2) is 4.79 Å². The van der Waals surface area contributed by atoms with Crippen molar-refractivity contribution in [2.75, 3.05) is 5.32 Å². The topological polar surface area (TPSA) is 109 Å². The Hall–Kier alpha value is -4.18. The number of primary amides is 1. The highest BCUT2D eigenvalue weighted by molar-refractivity contribution is 7.20. The average molecular weight is 500 g/mol. The Morgan fingerprint density at radius 2 is 1.60 bits per heavy atom. The van der Waals surface area contributed by atoms with Gasteiger partial charge in [0.15, 0.2) is 0 Å². The molecule has 0 bridgehead atoms. The lowest BCUT2D eigenvalue weighted by Crippen LogP contribution is -2.19. The molecule has 0 fully saturated rings. The number of hydrogen-bond acceptors (Lipinski definition) is 4. The second-order valence-corrected chi connectivity index (χ2v) is 8.36. The third-order valence-corrected chi connectivity index (χ3v) is 5.85. The van der Waals surface area contributed by atoms with Crippen molar-refractivity contribution in [2.45, 2.75) is 12.6 Å². The molecule has 6 nitrogen and oxygen atoms in total. The molecule has 0 saturated heterocycles. The van der Waals surface area contributed by atoms with E-state index < -0.39 is 29.5 Å². The Kier molecular flexibility index (Phi) is 7.87. The summed E-state index contributed by atoms with van der Waals surface area (Å²) in [7, 11) is 0. The summed E-state index contributed by atoms with van der Waals surface area (Å²) < 4.78 is 38.9. The van der Waals surface area contributed by atoms with Gasteiger partial charge in [-0.15, -0.1) is 11.3 Å². The molecule has 0 saturated carbocycles. The Bertz CT molecular complexity index is 1350. The lowest BCUT2D eigenvalue weighted by atomic mass is 10.0. The Morgan fingerprint density at radius 3 is 2.26 bits per heavy atom. The molecule has 0 aliphatic carbocycles. The van der Waals surface area contributed by atoms with Crippen LogP contribution in [-0.4, -0.2) is 22.9 Å². The van der Waals surface area contributed by atoms with Gasteiger partial charge in [-0.05, 0) is 47.3 Å². The highest BCUT2D eigenvalue weighted by atomic mass is 32.1. The minimum Gasteiger partial charge on any atom is -0.477 e. The number of carboxylic acids is 1. The van der Waals surface area contributed by atoms with Crippen LogP contribution >= 0.6 is 11.3 Å². The van der Waals surface area contributed by atoms with Gasteiger partial charge in [-0.1, -0.05) is 42.5 Å². The van der Waals surface area contributed by atoms with Gasteiger partial charge >= 0.3 is 12.1 Å². The zero-order chi connectivity index (χ0) is 25.6. The molecule has 180 valence electrons. The fraction of sp³-hybridized carbons (Fsp3) is 0.0800. The maximum absolute atomic E-state index is 12.6. The number of hydrogen-bond donors (Lipinski definition) is 3. The summed E-state index contributed by atoms with van der Waals surface area (Å²) in [6.45, 7) is 0. The van der Waals surface area contributed by atoms with Gasteiger partial charge in [-0.3, -0.25) is 9.59 Å². The third-order valence-electron chi connectivity index (χ3n) is 4.74. The number of aromatic carboxylic acids is 1. The molecular formula is C25H19F3N2O4S. The number of halogens is 3. The number of thiophene rings is 1. The number of fused-ring (bicyclic) bond motifs is 1. The molecule has 2 amide bonds. The van der Waals surface area contributed by atoms with E-state index in [9.17, 15) is 27.6 Å². The highest BCUT2D eigenvalue weighted by Gasteiger charge is 2.30. The molecule has 0 aliphatic rings. The van der Waals surface area contributed by atoms with E-state index in [0.29, 0.717) is 10.4 Å². The molecular weight excluding hydrogens is 481 g/mol. The van der Waals surface area contributed by atoms with Crippen LogP contribution in [0.4, 0.5) is 18.9 Å². The van der Waals surface area contributed by atoms with E-state index in [4.69, 9.17) is 10.8 Å². The zero-order valence-electron chi connectivity index (χ0n) is 18.0. The molecule has 3 aromatic carbocycles. The molecule has 1 aromatic heterocycles. The van der Waals surface area contributed by atoms with Crippen LogP contribution in [0.15, 0.2) is 78.9 Å². The second-order valence-electron chi connectivity index (χ2n) is 7.28. The highest BCUT2D eigenvalue weighted by Crippen LogP contribution is 2.30. The molecule has 4 aromatic rings. The van der Waals surface area contributed by atoms with Crippen molar-refractivity contribution in [3.8, 4) is 0 Å². The van der Waals surface area contributed by atoms with Crippen molar-refractivity contribution in [1.82, 2.24) is 0 Å². The van der Waals surface area contributed by atoms with Crippen molar-refractivity contribution in [3.05, 3.63) is 100 Å². The fourth-order valence-electron chi connectivity index (χ4n) is 3.15. The molecule has 4 N–H and O–H groups in total. The summed E-state index contributed by atoms with van der Waals surface area (Å²) in [6.07, 6.45) is -4.66. The van der Waals surface area contributed by atoms with E-state index in [-0.39, 0.29) is 17.7 Å². The van der Waals surface area contributed by atoms with Crippen LogP contribution in [0.3, 0.4) is 0 Å². The van der Waals surface area contributed by atoms with Gasteiger partial charge < -0.3 is 16.2 Å². The number of nitrogens with one attached hydrogen (secondary N) is 1. The number of carboxylic acid groups (broad SMARTS) is 1. The summed E-state index contributed by atoms with van der Waals surface area (Å²) in [5.41, 5.74) is 5.00. The van der Waals surface area contributed by atoms with Crippen LogP contribution in [0.2, 0.25) is 0 Å². The standard InChI is InChI=1S/C16H13F3N2O2.C9H6O2S/c17-16(18,19)11-5-3-6-12(9-11)21-14(22)8-10-4-1-2-7-13(10)15(20)23;10-9(11)8-5-6-3-1-2-4-7(6)12-8/h1-7,9H,8H2,(H2,20,23)(H,21,22);1-5H,(H,10,11). The lowest BCUT2D eigenvalue weighted by molar-refractivity contribution is -0.137. The summed E-state index contributed by atoms with van der Waals surface area (Å²) in [6, 6.07) is 20.0. The maximum Gasteiger partial charge on any atom is 0.416 e. The largest absolute Gasteiger partial charge is 0.477 e. The summed E-state index contributed by atoms with van der Waals surface area (Å²) >= 11 is 1.31. The predicted molar refractivity (Wildman–Crippen MR) is 128 cm³/mol. The maximum atomic E-state index is 12.6. The van der Waals surface area contributed by atoms with Crippen LogP contribution in [-0.2, 0) is 17.4 Å². The minimum absolute atomic E-state index is 0.0291. The number of carbonyl (C=O) groups is 3. The Balaban J connectivity index is 0.000000237. The average Bonchev–Trinajstić information content (AvgIpc) is 3.24. The van der Waals surface area contributed by atoms with Gasteiger partial charge in [0.25, 0.3) is 0 Å². The first-order valence-electron chi connectivity index (χ1n) is 10.1. The smallest absolute Gasteiger partial charge is 0.416 e. The van der Waals surface area contributed by atoms with Crippen LogP contribution < -0.4 is 11.1 Å². The molecule has 0 atom stereocenters. The van der Waals surface area contributed by atoms with E-state index in [2.05, 4.69) is 5.32 Å². The molecule has 1 heterocycles. The van der Waals surface area contributed by atoms with E-state index in [0.717, 1.165) is 22.2 Å². The van der Waals surface area contributed by atoms with Crippen molar-refractivity contribution >= 4 is 44.9 Å². The number of amides is 2. The van der Waals surface area contributed by atoms with Gasteiger partial charge in [0.1, 0.15) is 4.88 Å². The van der Waals surface area contributed by atoms with Gasteiger partial charge in [-0.2, -0.15) is 13.2 Å². The van der Waals surface area contributed by atoms with Gasteiger partial charge in [0.2, 0.25) is 11.8 Å². The molecule has 10 heteroatoms. The fourth-order valence-corrected chi connectivity index (χ4v) is 4.06. The van der Waals surface area contributed by atoms with Crippen molar-refractivity contribution in [2.24, 2.45) is 5.73 Å². The first-order valence-corrected chi connectivity index (χ1v) is 10.9. The molecule has 4 rings (SSSR count). The molecule has 0 unspecified atom stereocenters. The molecule has 0 aliphatic heterocycles. The molecule has 0 radical (unpaired) electrons. The SMILES string of the molecule is NC(=O)c1ccccc1CC(=O)Nc1cccc(C(F)(F)F)c1.O=C(O)c1cc2ccccc2s1. The van der Waals surface area contributed by atoms with E-state index in [1.54, 1.807) is 24.3 Å². The van der Waals surface area contributed by atoms with Crippen molar-refractivity contribution in [1.29, 1.82) is 0 Å². The van der Waals surface area contributed by atoms with Crippen LogP contribution in [0.5, 0.6) is 0 Å². The number of alkyl halides is 3. The second kappa shape index (κ2) is 10.8. The Labute approximate surface area is 201 Å². The quantitative estimate of drug-likeness (QED) is 0.332. The first-order chi connectivity index (χ1) is 16.5. The van der Waals surface area contributed by atoms with E-state index in [1.807, 2.05) is 24.3 Å². The summed E-state index contributed by atoms with van der Waals surface area (Å²) in [4.78, 5) is 34.2. The lowest BCUT2D eigenvalue weighted by Gasteiger charge is -2.10. The zero-order valence-corrected chi connectivity index (χ0v) is 18.8. The van der Waals surface area contributed by atoms with Gasteiger partial charge in [0.05, 0.1) is 12.0 Å². The number of carbonyl (C=O) groups excluding carboxylic acids is 2. The number of nitrogens with two attached hydrogens (primary N) is 1. The molecule has 0 spiro atoms. The number of rotatable bonds is 5. The number of anilines is 1. The van der Waals surface area contributed by atoms with Crippen molar-refractivity contribution in [3.63, 3.8) is 0 Å². The number of benzene rings is 3. The summed E-state index contributed by atoms with van der Waals surface area (Å²) in [5, 5.41) is 12.1. The minimum atomic E-state index is -4.49. The van der Waals surface area contributed by atoms with Crippen LogP contribution in [0.25, 0.3) is 10.1 Å². The van der Waals surface area contributed by atoms with Crippen molar-refractivity contribution < 1.29 is 32.7 Å². The Morgan fingerprint density at radius 1 is 0.914 bits per heavy atom. The van der Waals surface area contributed by atoms with E-state index in [1.165, 1.54) is 29.5 Å². The van der Waals surface area contributed by atoms with E-state index >= 15 is 0 Å². The predicted octanol–water partition coefficient (Wildman–Crippen LogP) is 5.59. The van der Waals surface area contributed by atoms with Gasteiger partial charge in [0, 0.05) is 16.0 Å². The molecule has 35 heavy (non-hydrogen) atoms.